The van der Waals surface area contributed by atoms with E-state index >= 15 is 0 Å². The van der Waals surface area contributed by atoms with Crippen LogP contribution in [-0.2, 0) is 0 Å². The standard InChI is InChI=1S/C11H14F4N2/c1-7(5-11(13,14)15)17-8(2)10-4-3-9(12)6-16-10/h3-4,6-8,17H,5H2,1-2H3. The lowest BCUT2D eigenvalue weighted by Gasteiger charge is -2.20. The fourth-order valence-electron chi connectivity index (χ4n) is 1.56. The van der Waals surface area contributed by atoms with Crippen molar-refractivity contribution in [1.82, 2.24) is 10.3 Å². The van der Waals surface area contributed by atoms with E-state index in [-0.39, 0.29) is 6.04 Å². The number of hydrogen-bond donors (Lipinski definition) is 1. The van der Waals surface area contributed by atoms with Crippen molar-refractivity contribution in [2.75, 3.05) is 0 Å². The van der Waals surface area contributed by atoms with Crippen molar-refractivity contribution >= 4 is 0 Å². The zero-order chi connectivity index (χ0) is 13.1. The van der Waals surface area contributed by atoms with Gasteiger partial charge in [0.25, 0.3) is 0 Å². The fourth-order valence-corrected chi connectivity index (χ4v) is 1.56. The Kier molecular flexibility index (Phi) is 4.45. The van der Waals surface area contributed by atoms with Crippen LogP contribution in [0.3, 0.4) is 0 Å². The van der Waals surface area contributed by atoms with Gasteiger partial charge < -0.3 is 5.32 Å². The van der Waals surface area contributed by atoms with Gasteiger partial charge in [-0.15, -0.1) is 0 Å². The van der Waals surface area contributed by atoms with E-state index in [9.17, 15) is 17.6 Å². The monoisotopic (exact) mass is 250 g/mol. The molecule has 96 valence electrons. The Bertz CT molecular complexity index is 347. The van der Waals surface area contributed by atoms with Gasteiger partial charge in [0.1, 0.15) is 5.82 Å². The molecule has 0 saturated heterocycles. The van der Waals surface area contributed by atoms with Crippen molar-refractivity contribution in [1.29, 1.82) is 0 Å². The molecule has 2 unspecified atom stereocenters. The predicted octanol–water partition coefficient (Wildman–Crippen LogP) is 3.21. The number of nitrogens with one attached hydrogen (secondary N) is 1. The highest BCUT2D eigenvalue weighted by atomic mass is 19.4. The van der Waals surface area contributed by atoms with Crippen LogP contribution in [0.15, 0.2) is 18.3 Å². The molecule has 6 heteroatoms. The number of pyridine rings is 1. The van der Waals surface area contributed by atoms with Crippen molar-refractivity contribution in [2.45, 2.75) is 38.5 Å². The van der Waals surface area contributed by atoms with E-state index in [2.05, 4.69) is 10.3 Å². The van der Waals surface area contributed by atoms with Gasteiger partial charge in [-0.25, -0.2) is 4.39 Å². The minimum Gasteiger partial charge on any atom is -0.306 e. The van der Waals surface area contributed by atoms with Gasteiger partial charge in [-0.05, 0) is 26.0 Å². The van der Waals surface area contributed by atoms with Crippen LogP contribution in [-0.4, -0.2) is 17.2 Å². The first kappa shape index (κ1) is 13.9. The lowest BCUT2D eigenvalue weighted by Crippen LogP contribution is -2.33. The highest BCUT2D eigenvalue weighted by molar-refractivity contribution is 5.09. The van der Waals surface area contributed by atoms with E-state index in [0.29, 0.717) is 5.69 Å². The lowest BCUT2D eigenvalue weighted by molar-refractivity contribution is -0.139. The Labute approximate surface area is 97.1 Å². The van der Waals surface area contributed by atoms with Crippen LogP contribution in [0.4, 0.5) is 17.6 Å². The first-order valence-electron chi connectivity index (χ1n) is 5.22. The minimum absolute atomic E-state index is 0.354. The molecule has 0 aliphatic heterocycles. The number of rotatable bonds is 4. The van der Waals surface area contributed by atoms with Gasteiger partial charge in [-0.2, -0.15) is 13.2 Å². The number of nitrogens with zero attached hydrogens (tertiary/aromatic N) is 1. The maximum Gasteiger partial charge on any atom is 0.390 e. The van der Waals surface area contributed by atoms with Crippen LogP contribution < -0.4 is 5.32 Å². The smallest absolute Gasteiger partial charge is 0.306 e. The predicted molar refractivity (Wildman–Crippen MR) is 55.9 cm³/mol. The molecular formula is C11H14F4N2. The largest absolute Gasteiger partial charge is 0.390 e. The second-order valence-electron chi connectivity index (χ2n) is 4.01. The van der Waals surface area contributed by atoms with Crippen LogP contribution in [0.2, 0.25) is 0 Å². The molecule has 0 bridgehead atoms. The zero-order valence-electron chi connectivity index (χ0n) is 9.55. The molecule has 1 aromatic heterocycles. The molecule has 1 N–H and O–H groups in total. The maximum atomic E-state index is 12.6. The fraction of sp³-hybridized carbons (Fsp3) is 0.545. The maximum absolute atomic E-state index is 12.6. The molecule has 0 radical (unpaired) electrons. The van der Waals surface area contributed by atoms with Crippen molar-refractivity contribution in [3.05, 3.63) is 29.8 Å². The van der Waals surface area contributed by atoms with E-state index in [1.54, 1.807) is 6.92 Å². The van der Waals surface area contributed by atoms with Crippen LogP contribution in [0, 0.1) is 5.82 Å². The lowest BCUT2D eigenvalue weighted by atomic mass is 10.1. The summed E-state index contributed by atoms with van der Waals surface area (Å²) >= 11 is 0. The summed E-state index contributed by atoms with van der Waals surface area (Å²) in [6.45, 7) is 3.14. The van der Waals surface area contributed by atoms with Crippen LogP contribution in [0.5, 0.6) is 0 Å². The first-order chi connectivity index (χ1) is 7.78. The van der Waals surface area contributed by atoms with Crippen molar-refractivity contribution in [3.8, 4) is 0 Å². The summed E-state index contributed by atoms with van der Waals surface area (Å²) in [5.41, 5.74) is 0.514. The second-order valence-corrected chi connectivity index (χ2v) is 4.01. The molecule has 1 heterocycles. The average molecular weight is 250 g/mol. The molecule has 1 rings (SSSR count). The molecule has 0 saturated carbocycles. The molecule has 0 aliphatic carbocycles. The quantitative estimate of drug-likeness (QED) is 0.830. The summed E-state index contributed by atoms with van der Waals surface area (Å²) in [6, 6.07) is 1.62. The van der Waals surface area contributed by atoms with Gasteiger partial charge in [-0.3, -0.25) is 4.98 Å². The molecule has 2 nitrogen and oxygen atoms in total. The highest BCUT2D eigenvalue weighted by Crippen LogP contribution is 2.22. The van der Waals surface area contributed by atoms with Crippen molar-refractivity contribution < 1.29 is 17.6 Å². The average Bonchev–Trinajstić information content (AvgIpc) is 2.15. The number of hydrogen-bond acceptors (Lipinski definition) is 2. The van der Waals surface area contributed by atoms with Crippen LogP contribution in [0.25, 0.3) is 0 Å². The molecule has 2 atom stereocenters. The topological polar surface area (TPSA) is 24.9 Å². The van der Waals surface area contributed by atoms with E-state index in [4.69, 9.17) is 0 Å². The summed E-state index contributed by atoms with van der Waals surface area (Å²) in [7, 11) is 0. The normalized spacial score (nSPS) is 15.6. The third-order valence-electron chi connectivity index (χ3n) is 2.27. The van der Waals surface area contributed by atoms with Gasteiger partial charge in [0.15, 0.2) is 0 Å². The Morgan fingerprint density at radius 1 is 1.29 bits per heavy atom. The van der Waals surface area contributed by atoms with Crippen molar-refractivity contribution in [2.24, 2.45) is 0 Å². The Morgan fingerprint density at radius 3 is 2.41 bits per heavy atom. The summed E-state index contributed by atoms with van der Waals surface area (Å²) in [4.78, 5) is 3.81. The summed E-state index contributed by atoms with van der Waals surface area (Å²) in [6.07, 6.45) is -4.05. The molecular weight excluding hydrogens is 236 g/mol. The zero-order valence-corrected chi connectivity index (χ0v) is 9.55. The highest BCUT2D eigenvalue weighted by Gasteiger charge is 2.30. The van der Waals surface area contributed by atoms with E-state index in [1.807, 2.05) is 0 Å². The molecule has 0 fully saturated rings. The van der Waals surface area contributed by atoms with Gasteiger partial charge in [0.2, 0.25) is 0 Å². The van der Waals surface area contributed by atoms with Crippen LogP contribution >= 0.6 is 0 Å². The molecule has 0 amide bonds. The molecule has 17 heavy (non-hydrogen) atoms. The summed E-state index contributed by atoms with van der Waals surface area (Å²) < 4.78 is 48.9. The van der Waals surface area contributed by atoms with E-state index < -0.39 is 24.5 Å². The SMILES string of the molecule is CC(CC(F)(F)F)NC(C)c1ccc(F)cn1. The number of alkyl halides is 3. The molecule has 0 aliphatic rings. The molecule has 0 aromatic carbocycles. The molecule has 0 spiro atoms. The Morgan fingerprint density at radius 2 is 1.94 bits per heavy atom. The first-order valence-corrected chi connectivity index (χ1v) is 5.22. The van der Waals surface area contributed by atoms with Gasteiger partial charge >= 0.3 is 6.18 Å². The Balaban J connectivity index is 2.54. The third-order valence-corrected chi connectivity index (χ3v) is 2.27. The van der Waals surface area contributed by atoms with Gasteiger partial charge in [0, 0.05) is 12.1 Å². The Hall–Kier alpha value is -1.17. The summed E-state index contributed by atoms with van der Waals surface area (Å²) in [5, 5.41) is 2.77. The third kappa shape index (κ3) is 5.12. The van der Waals surface area contributed by atoms with E-state index in [1.165, 1.54) is 19.1 Å². The second kappa shape index (κ2) is 5.44. The van der Waals surface area contributed by atoms with E-state index in [0.717, 1.165) is 6.20 Å². The summed E-state index contributed by atoms with van der Waals surface area (Å²) in [5.74, 6) is -0.468. The number of aromatic nitrogens is 1. The van der Waals surface area contributed by atoms with Gasteiger partial charge in [0.05, 0.1) is 18.3 Å². The minimum atomic E-state index is -4.19. The van der Waals surface area contributed by atoms with Gasteiger partial charge in [-0.1, -0.05) is 0 Å². The molecule has 1 aromatic rings. The van der Waals surface area contributed by atoms with Crippen molar-refractivity contribution in [3.63, 3.8) is 0 Å². The number of halogens is 4. The van der Waals surface area contributed by atoms with Crippen LogP contribution in [0.1, 0.15) is 32.0 Å².